The molecule has 0 spiro atoms. The number of aromatic nitrogens is 2. The molecule has 1 aliphatic rings. The predicted octanol–water partition coefficient (Wildman–Crippen LogP) is 0.512. The molecular weight excluding hydrogens is 238 g/mol. The Kier molecular flexibility index (Phi) is 3.03. The second-order valence-electron chi connectivity index (χ2n) is 5.42. The molecule has 0 aromatic carbocycles. The summed E-state index contributed by atoms with van der Waals surface area (Å²) in [6.45, 7) is 4.53. The van der Waals surface area contributed by atoms with Crippen LogP contribution >= 0.6 is 0 Å². The van der Waals surface area contributed by atoms with Crippen molar-refractivity contribution in [2.24, 2.45) is 11.7 Å². The quantitative estimate of drug-likeness (QED) is 0.856. The average molecular weight is 257 g/mol. The monoisotopic (exact) mass is 257 g/mol. The van der Waals surface area contributed by atoms with Crippen LogP contribution in [-0.4, -0.2) is 29.5 Å². The van der Waals surface area contributed by atoms with E-state index < -0.39 is 15.4 Å². The molecule has 1 unspecified atom stereocenters. The average Bonchev–Trinajstić information content (AvgIpc) is 2.72. The van der Waals surface area contributed by atoms with Gasteiger partial charge in [0.1, 0.15) is 0 Å². The van der Waals surface area contributed by atoms with Crippen molar-refractivity contribution in [3.8, 4) is 0 Å². The van der Waals surface area contributed by atoms with Crippen LogP contribution in [0.15, 0.2) is 12.5 Å². The van der Waals surface area contributed by atoms with Crippen LogP contribution in [0.2, 0.25) is 0 Å². The number of imidazole rings is 1. The van der Waals surface area contributed by atoms with Gasteiger partial charge in [0, 0.05) is 12.7 Å². The fourth-order valence-electron chi connectivity index (χ4n) is 2.30. The molecule has 1 aromatic rings. The fraction of sp³-hybridized carbons (Fsp3) is 0.727. The highest BCUT2D eigenvalue weighted by Crippen LogP contribution is 2.23. The summed E-state index contributed by atoms with van der Waals surface area (Å²) in [6.07, 6.45) is 4.23. The van der Waals surface area contributed by atoms with E-state index in [9.17, 15) is 8.42 Å². The highest BCUT2D eigenvalue weighted by Gasteiger charge is 2.29. The predicted molar refractivity (Wildman–Crippen MR) is 66.2 cm³/mol. The summed E-state index contributed by atoms with van der Waals surface area (Å²) in [6, 6.07) is 0. The minimum absolute atomic E-state index is 0.190. The van der Waals surface area contributed by atoms with E-state index in [2.05, 4.69) is 4.98 Å². The normalized spacial score (nSPS) is 24.1. The van der Waals surface area contributed by atoms with Gasteiger partial charge in [0.2, 0.25) is 0 Å². The zero-order chi connectivity index (χ0) is 12.7. The molecule has 0 radical (unpaired) electrons. The fourth-order valence-corrected chi connectivity index (χ4v) is 4.15. The van der Waals surface area contributed by atoms with Crippen LogP contribution in [0, 0.1) is 5.92 Å². The van der Waals surface area contributed by atoms with Gasteiger partial charge in [-0.2, -0.15) is 0 Å². The van der Waals surface area contributed by atoms with E-state index in [4.69, 9.17) is 5.73 Å². The Morgan fingerprint density at radius 2 is 2.29 bits per heavy atom. The van der Waals surface area contributed by atoms with Crippen molar-refractivity contribution >= 4 is 9.84 Å². The molecule has 0 aliphatic carbocycles. The van der Waals surface area contributed by atoms with Gasteiger partial charge in [0.25, 0.3) is 0 Å². The highest BCUT2D eigenvalue weighted by molar-refractivity contribution is 7.91. The molecule has 0 amide bonds. The number of hydrogen-bond donors (Lipinski definition) is 1. The van der Waals surface area contributed by atoms with Crippen molar-refractivity contribution in [3.05, 3.63) is 18.2 Å². The maximum atomic E-state index is 11.4. The summed E-state index contributed by atoms with van der Waals surface area (Å²) in [5.74, 6) is 0.791. The lowest BCUT2D eigenvalue weighted by atomic mass is 10.0. The zero-order valence-electron chi connectivity index (χ0n) is 10.3. The van der Waals surface area contributed by atoms with Crippen LogP contribution < -0.4 is 5.73 Å². The van der Waals surface area contributed by atoms with Crippen molar-refractivity contribution in [2.75, 3.05) is 11.5 Å². The smallest absolute Gasteiger partial charge is 0.150 e. The first kappa shape index (κ1) is 12.6. The van der Waals surface area contributed by atoms with Gasteiger partial charge >= 0.3 is 0 Å². The Morgan fingerprint density at radius 1 is 1.59 bits per heavy atom. The van der Waals surface area contributed by atoms with E-state index >= 15 is 0 Å². The van der Waals surface area contributed by atoms with E-state index in [0.29, 0.717) is 12.3 Å². The number of rotatable bonds is 3. The first-order valence-corrected chi connectivity index (χ1v) is 7.60. The van der Waals surface area contributed by atoms with Crippen LogP contribution in [0.3, 0.4) is 0 Å². The number of nitrogens with two attached hydrogens (primary N) is 1. The lowest BCUT2D eigenvalue weighted by molar-refractivity contribution is 0.436. The standard InChI is InChI=1S/C11H19N3O2S/c1-11(2,12)10-5-13-8-14(10)6-9-3-4-17(15,16)7-9/h5,8-9H,3-4,6-7,12H2,1-2H3. The van der Waals surface area contributed by atoms with Crippen LogP contribution in [0.1, 0.15) is 26.0 Å². The van der Waals surface area contributed by atoms with Gasteiger partial charge in [-0.3, -0.25) is 0 Å². The number of hydrogen-bond acceptors (Lipinski definition) is 4. The van der Waals surface area contributed by atoms with Crippen molar-refractivity contribution in [1.29, 1.82) is 0 Å². The van der Waals surface area contributed by atoms with Gasteiger partial charge < -0.3 is 10.3 Å². The van der Waals surface area contributed by atoms with Crippen LogP contribution in [0.25, 0.3) is 0 Å². The molecule has 6 heteroatoms. The molecule has 5 nitrogen and oxygen atoms in total. The van der Waals surface area contributed by atoms with Gasteiger partial charge in [0.15, 0.2) is 9.84 Å². The molecule has 1 saturated heterocycles. The summed E-state index contributed by atoms with van der Waals surface area (Å²) >= 11 is 0. The maximum Gasteiger partial charge on any atom is 0.150 e. The van der Waals surface area contributed by atoms with Gasteiger partial charge in [-0.15, -0.1) is 0 Å². The number of sulfone groups is 1. The second kappa shape index (κ2) is 4.10. The van der Waals surface area contributed by atoms with E-state index in [1.807, 2.05) is 18.4 Å². The third kappa shape index (κ3) is 2.87. The molecule has 1 aliphatic heterocycles. The Bertz CT molecular complexity index is 499. The molecular formula is C11H19N3O2S. The number of nitrogens with zero attached hydrogens (tertiary/aromatic N) is 2. The summed E-state index contributed by atoms with van der Waals surface area (Å²) < 4.78 is 24.8. The first-order valence-electron chi connectivity index (χ1n) is 5.78. The molecule has 0 bridgehead atoms. The Morgan fingerprint density at radius 3 is 2.82 bits per heavy atom. The Balaban J connectivity index is 2.13. The summed E-state index contributed by atoms with van der Waals surface area (Å²) in [5, 5.41) is 0. The highest BCUT2D eigenvalue weighted by atomic mass is 32.2. The lowest BCUT2D eigenvalue weighted by Crippen LogP contribution is -2.32. The van der Waals surface area contributed by atoms with Crippen LogP contribution in [0.4, 0.5) is 0 Å². The SMILES string of the molecule is CC(C)(N)c1cncn1CC1CCS(=O)(=O)C1. The molecule has 2 N–H and O–H groups in total. The van der Waals surface area contributed by atoms with Gasteiger partial charge in [0.05, 0.1) is 29.1 Å². The van der Waals surface area contributed by atoms with Crippen molar-refractivity contribution in [2.45, 2.75) is 32.4 Å². The van der Waals surface area contributed by atoms with Gasteiger partial charge in [-0.05, 0) is 26.2 Å². The van der Waals surface area contributed by atoms with E-state index in [-0.39, 0.29) is 11.7 Å². The van der Waals surface area contributed by atoms with Crippen LogP contribution in [0.5, 0.6) is 0 Å². The summed E-state index contributed by atoms with van der Waals surface area (Å²) in [4.78, 5) is 4.10. The first-order chi connectivity index (χ1) is 7.78. The molecule has 1 fully saturated rings. The van der Waals surface area contributed by atoms with Crippen molar-refractivity contribution in [1.82, 2.24) is 9.55 Å². The molecule has 96 valence electrons. The summed E-state index contributed by atoms with van der Waals surface area (Å²) in [7, 11) is -2.81. The second-order valence-corrected chi connectivity index (χ2v) is 7.65. The van der Waals surface area contributed by atoms with Gasteiger partial charge in [-0.1, -0.05) is 0 Å². The minimum atomic E-state index is -2.81. The molecule has 17 heavy (non-hydrogen) atoms. The van der Waals surface area contributed by atoms with Gasteiger partial charge in [-0.25, -0.2) is 13.4 Å². The molecule has 2 heterocycles. The topological polar surface area (TPSA) is 78.0 Å². The molecule has 1 aromatic heterocycles. The van der Waals surface area contributed by atoms with Crippen LogP contribution in [-0.2, 0) is 21.9 Å². The molecule has 1 atom stereocenters. The lowest BCUT2D eigenvalue weighted by Gasteiger charge is -2.22. The van der Waals surface area contributed by atoms with E-state index in [1.54, 1.807) is 12.5 Å². The Hall–Kier alpha value is -0.880. The molecule has 0 saturated carbocycles. The maximum absolute atomic E-state index is 11.4. The third-order valence-electron chi connectivity index (χ3n) is 3.15. The van der Waals surface area contributed by atoms with E-state index in [0.717, 1.165) is 12.1 Å². The largest absolute Gasteiger partial charge is 0.333 e. The molecule has 2 rings (SSSR count). The Labute approximate surface area is 102 Å². The van der Waals surface area contributed by atoms with Crippen molar-refractivity contribution < 1.29 is 8.42 Å². The third-order valence-corrected chi connectivity index (χ3v) is 4.99. The van der Waals surface area contributed by atoms with E-state index in [1.165, 1.54) is 0 Å². The summed E-state index contributed by atoms with van der Waals surface area (Å²) in [5.41, 5.74) is 6.55. The minimum Gasteiger partial charge on any atom is -0.333 e. The van der Waals surface area contributed by atoms with Crippen molar-refractivity contribution in [3.63, 3.8) is 0 Å². The zero-order valence-corrected chi connectivity index (χ0v) is 11.1.